The number of benzene rings is 1. The molecule has 1 aromatic rings. The van der Waals surface area contributed by atoms with Crippen LogP contribution >= 0.6 is 0 Å². The summed E-state index contributed by atoms with van der Waals surface area (Å²) in [5, 5.41) is 3.44. The van der Waals surface area contributed by atoms with Crippen molar-refractivity contribution in [3.63, 3.8) is 0 Å². The molecule has 0 bridgehead atoms. The van der Waals surface area contributed by atoms with Crippen molar-refractivity contribution in [3.8, 4) is 11.8 Å². The van der Waals surface area contributed by atoms with Gasteiger partial charge in [-0.25, -0.2) is 0 Å². The summed E-state index contributed by atoms with van der Waals surface area (Å²) in [5.41, 5.74) is 1.19. The smallest absolute Gasteiger partial charge is 0.0983 e. The Morgan fingerprint density at radius 3 is 2.53 bits per heavy atom. The number of nitrogens with one attached hydrogen (secondary N) is 1. The number of rotatable bonds is 6. The van der Waals surface area contributed by atoms with Gasteiger partial charge < -0.3 is 10.1 Å². The maximum atomic E-state index is 5.62. The molecular weight excluding hydrogens is 210 g/mol. The van der Waals surface area contributed by atoms with Crippen LogP contribution in [0.2, 0.25) is 0 Å². The average Bonchev–Trinajstić information content (AvgIpc) is 2.38. The van der Waals surface area contributed by atoms with E-state index in [4.69, 9.17) is 4.74 Å². The lowest BCUT2D eigenvalue weighted by atomic mass is 9.99. The first-order valence-corrected chi connectivity index (χ1v) is 6.04. The first-order chi connectivity index (χ1) is 8.33. The Bertz CT molecular complexity index is 364. The first-order valence-electron chi connectivity index (χ1n) is 6.04. The maximum absolute atomic E-state index is 5.62. The van der Waals surface area contributed by atoms with Crippen molar-refractivity contribution in [2.24, 2.45) is 0 Å². The van der Waals surface area contributed by atoms with Crippen molar-refractivity contribution in [2.75, 3.05) is 13.7 Å². The highest BCUT2D eigenvalue weighted by Crippen LogP contribution is 2.22. The van der Waals surface area contributed by atoms with E-state index in [-0.39, 0.29) is 12.1 Å². The van der Waals surface area contributed by atoms with Crippen LogP contribution in [0.1, 0.15) is 31.9 Å². The highest BCUT2D eigenvalue weighted by atomic mass is 16.5. The molecule has 1 N–H and O–H groups in total. The van der Waals surface area contributed by atoms with Crippen LogP contribution < -0.4 is 5.32 Å². The molecule has 0 aliphatic rings. The van der Waals surface area contributed by atoms with Gasteiger partial charge in [0.05, 0.1) is 6.10 Å². The molecule has 0 aromatic heterocycles. The minimum Gasteiger partial charge on any atom is -0.375 e. The molecular formula is C15H21NO. The Morgan fingerprint density at radius 2 is 2.00 bits per heavy atom. The van der Waals surface area contributed by atoms with E-state index in [0.717, 1.165) is 13.0 Å². The Morgan fingerprint density at radius 1 is 1.29 bits per heavy atom. The third-order valence-electron chi connectivity index (χ3n) is 2.71. The van der Waals surface area contributed by atoms with E-state index in [9.17, 15) is 0 Å². The summed E-state index contributed by atoms with van der Waals surface area (Å²) in [6, 6.07) is 10.5. The molecule has 1 rings (SSSR count). The fourth-order valence-corrected chi connectivity index (χ4v) is 1.94. The molecule has 2 atom stereocenters. The zero-order valence-corrected chi connectivity index (χ0v) is 10.9. The summed E-state index contributed by atoms with van der Waals surface area (Å²) in [5.74, 6) is 6.07. The third-order valence-corrected chi connectivity index (χ3v) is 2.71. The molecule has 0 amide bonds. The lowest BCUT2D eigenvalue weighted by molar-refractivity contribution is 0.0699. The molecule has 0 saturated carbocycles. The summed E-state index contributed by atoms with van der Waals surface area (Å²) in [6.07, 6.45) is 0.856. The molecule has 0 aliphatic heterocycles. The van der Waals surface area contributed by atoms with E-state index in [2.05, 4.69) is 36.2 Å². The van der Waals surface area contributed by atoms with Crippen LogP contribution in [0.15, 0.2) is 30.3 Å². The molecule has 0 heterocycles. The zero-order valence-electron chi connectivity index (χ0n) is 10.9. The van der Waals surface area contributed by atoms with Crippen LogP contribution in [0.5, 0.6) is 0 Å². The van der Waals surface area contributed by atoms with Crippen molar-refractivity contribution in [3.05, 3.63) is 35.9 Å². The summed E-state index contributed by atoms with van der Waals surface area (Å²) in [7, 11) is 1.75. The largest absolute Gasteiger partial charge is 0.375 e. The number of ether oxygens (including phenoxy) is 1. The van der Waals surface area contributed by atoms with Gasteiger partial charge in [0.15, 0.2) is 0 Å². The highest BCUT2D eigenvalue weighted by Gasteiger charge is 2.20. The van der Waals surface area contributed by atoms with Crippen LogP contribution in [0, 0.1) is 11.8 Å². The highest BCUT2D eigenvalue weighted by molar-refractivity contribution is 5.20. The lowest BCUT2D eigenvalue weighted by Crippen LogP contribution is -2.35. The summed E-state index contributed by atoms with van der Waals surface area (Å²) < 4.78 is 5.62. The predicted molar refractivity (Wildman–Crippen MR) is 71.7 cm³/mol. The molecule has 92 valence electrons. The molecule has 2 heteroatoms. The van der Waals surface area contributed by atoms with E-state index >= 15 is 0 Å². The summed E-state index contributed by atoms with van der Waals surface area (Å²) >= 11 is 0. The number of likely N-dealkylation sites (N-methyl/N-ethyl adjacent to an activating group) is 1. The van der Waals surface area contributed by atoms with E-state index in [1.807, 2.05) is 25.1 Å². The second-order valence-corrected chi connectivity index (χ2v) is 3.86. The average molecular weight is 231 g/mol. The lowest BCUT2D eigenvalue weighted by Gasteiger charge is -2.25. The number of methoxy groups -OCH3 is 1. The normalized spacial score (nSPS) is 13.6. The fraction of sp³-hybridized carbons (Fsp3) is 0.467. The molecule has 0 radical (unpaired) electrons. The topological polar surface area (TPSA) is 21.3 Å². The summed E-state index contributed by atoms with van der Waals surface area (Å²) in [6.45, 7) is 4.89. The standard InChI is InChI=1S/C15H21NO/c1-4-6-12-14(16-5-2)15(17-3)13-10-8-7-9-11-13/h7-11,14-16H,5,12H2,1-3H3. The van der Waals surface area contributed by atoms with Crippen molar-refractivity contribution in [1.82, 2.24) is 5.32 Å². The Hall–Kier alpha value is -1.30. The SMILES string of the molecule is CC#CCC(NCC)C(OC)c1ccccc1. The monoisotopic (exact) mass is 231 g/mol. The van der Waals surface area contributed by atoms with Gasteiger partial charge in [-0.2, -0.15) is 0 Å². The molecule has 2 unspecified atom stereocenters. The number of hydrogen-bond acceptors (Lipinski definition) is 2. The van der Waals surface area contributed by atoms with Crippen LogP contribution in [0.3, 0.4) is 0 Å². The van der Waals surface area contributed by atoms with Crippen LogP contribution in [0.4, 0.5) is 0 Å². The van der Waals surface area contributed by atoms with Gasteiger partial charge in [-0.15, -0.1) is 11.8 Å². The van der Waals surface area contributed by atoms with Gasteiger partial charge in [-0.1, -0.05) is 37.3 Å². The van der Waals surface area contributed by atoms with Crippen LogP contribution in [-0.2, 0) is 4.74 Å². The Balaban J connectivity index is 2.83. The molecule has 0 saturated heterocycles. The van der Waals surface area contributed by atoms with Gasteiger partial charge >= 0.3 is 0 Å². The molecule has 1 aromatic carbocycles. The van der Waals surface area contributed by atoms with Gasteiger partial charge in [-0.05, 0) is 19.0 Å². The predicted octanol–water partition coefficient (Wildman–Crippen LogP) is 2.77. The summed E-state index contributed by atoms with van der Waals surface area (Å²) in [4.78, 5) is 0. The van der Waals surface area contributed by atoms with Gasteiger partial charge in [0.1, 0.15) is 0 Å². The van der Waals surface area contributed by atoms with E-state index in [0.29, 0.717) is 0 Å². The van der Waals surface area contributed by atoms with Crippen molar-refractivity contribution in [1.29, 1.82) is 0 Å². The zero-order chi connectivity index (χ0) is 12.5. The van der Waals surface area contributed by atoms with Crippen molar-refractivity contribution >= 4 is 0 Å². The van der Waals surface area contributed by atoms with Crippen molar-refractivity contribution in [2.45, 2.75) is 32.4 Å². The van der Waals surface area contributed by atoms with E-state index in [1.165, 1.54) is 5.56 Å². The van der Waals surface area contributed by atoms with E-state index < -0.39 is 0 Å². The van der Waals surface area contributed by atoms with Crippen LogP contribution in [0.25, 0.3) is 0 Å². The minimum absolute atomic E-state index is 0.0528. The fourth-order valence-electron chi connectivity index (χ4n) is 1.94. The second kappa shape index (κ2) is 7.89. The van der Waals surface area contributed by atoms with Gasteiger partial charge in [0.2, 0.25) is 0 Å². The van der Waals surface area contributed by atoms with Crippen molar-refractivity contribution < 1.29 is 4.74 Å². The second-order valence-electron chi connectivity index (χ2n) is 3.86. The maximum Gasteiger partial charge on any atom is 0.0983 e. The molecule has 17 heavy (non-hydrogen) atoms. The number of hydrogen-bond donors (Lipinski definition) is 1. The quantitative estimate of drug-likeness (QED) is 0.760. The Kier molecular flexibility index (Phi) is 6.39. The van der Waals surface area contributed by atoms with E-state index in [1.54, 1.807) is 7.11 Å². The third kappa shape index (κ3) is 4.22. The molecule has 0 spiro atoms. The minimum atomic E-state index is 0.0528. The van der Waals surface area contributed by atoms with Gasteiger partial charge in [0, 0.05) is 19.6 Å². The molecule has 0 aliphatic carbocycles. The molecule has 2 nitrogen and oxygen atoms in total. The van der Waals surface area contributed by atoms with Crippen LogP contribution in [-0.4, -0.2) is 19.7 Å². The van der Waals surface area contributed by atoms with Gasteiger partial charge in [0.25, 0.3) is 0 Å². The van der Waals surface area contributed by atoms with Gasteiger partial charge in [-0.3, -0.25) is 0 Å². The molecule has 0 fully saturated rings. The Labute approximate surface area is 104 Å². The first kappa shape index (κ1) is 13.8.